The minimum Gasteiger partial charge on any atom is -0.312 e. The van der Waals surface area contributed by atoms with E-state index in [4.69, 9.17) is 4.98 Å². The number of rotatable bonds is 4. The Labute approximate surface area is 202 Å². The highest BCUT2D eigenvalue weighted by Gasteiger charge is 2.38. The maximum absolute atomic E-state index is 4.75. The first-order valence-corrected chi connectivity index (χ1v) is 12.5. The van der Waals surface area contributed by atoms with Crippen LogP contribution in [0.4, 0.5) is 11.4 Å². The molecule has 2 nitrogen and oxygen atoms in total. The molecular formula is C31H44N2. The van der Waals surface area contributed by atoms with Crippen molar-refractivity contribution in [3.8, 4) is 0 Å². The predicted molar refractivity (Wildman–Crippen MR) is 144 cm³/mol. The van der Waals surface area contributed by atoms with Gasteiger partial charge in [-0.1, -0.05) is 93.0 Å². The van der Waals surface area contributed by atoms with Crippen LogP contribution in [-0.4, -0.2) is 4.98 Å². The Morgan fingerprint density at radius 3 is 2.12 bits per heavy atom. The lowest BCUT2D eigenvalue weighted by Crippen LogP contribution is -2.34. The molecular weight excluding hydrogens is 400 g/mol. The van der Waals surface area contributed by atoms with E-state index in [9.17, 15) is 0 Å². The van der Waals surface area contributed by atoms with Crippen molar-refractivity contribution in [2.24, 2.45) is 5.41 Å². The van der Waals surface area contributed by atoms with Crippen molar-refractivity contribution in [2.75, 3.05) is 4.90 Å². The second kappa shape index (κ2) is 8.78. The van der Waals surface area contributed by atoms with Crippen molar-refractivity contribution in [2.45, 2.75) is 99.8 Å². The van der Waals surface area contributed by atoms with E-state index < -0.39 is 0 Å². The number of anilines is 2. The second-order valence-corrected chi connectivity index (χ2v) is 12.1. The van der Waals surface area contributed by atoms with Crippen molar-refractivity contribution in [1.29, 1.82) is 0 Å². The highest BCUT2D eigenvalue weighted by atomic mass is 15.2. The number of aryl methyl sites for hydroxylation is 1. The van der Waals surface area contributed by atoms with E-state index in [-0.39, 0.29) is 16.2 Å². The fourth-order valence-corrected chi connectivity index (χ4v) is 4.57. The van der Waals surface area contributed by atoms with Crippen LogP contribution in [0.5, 0.6) is 0 Å². The topological polar surface area (TPSA) is 16.1 Å². The van der Waals surface area contributed by atoms with Gasteiger partial charge in [-0.3, -0.25) is 4.98 Å². The van der Waals surface area contributed by atoms with Gasteiger partial charge in [0, 0.05) is 22.5 Å². The third kappa shape index (κ3) is 4.81. The van der Waals surface area contributed by atoms with Crippen molar-refractivity contribution >= 4 is 11.4 Å². The van der Waals surface area contributed by atoms with Gasteiger partial charge in [0.15, 0.2) is 0 Å². The van der Waals surface area contributed by atoms with Gasteiger partial charge in [-0.25, -0.2) is 0 Å². The Morgan fingerprint density at radius 2 is 1.64 bits per heavy atom. The Morgan fingerprint density at radius 1 is 0.970 bits per heavy atom. The molecule has 0 atom stereocenters. The summed E-state index contributed by atoms with van der Waals surface area (Å²) in [7, 11) is 0. The molecule has 2 heterocycles. The Bertz CT molecular complexity index is 1070. The number of benzene rings is 1. The molecule has 0 unspecified atom stereocenters. The maximum atomic E-state index is 4.75. The van der Waals surface area contributed by atoms with Crippen LogP contribution in [0.2, 0.25) is 0 Å². The molecule has 0 bridgehead atoms. The summed E-state index contributed by atoms with van der Waals surface area (Å²) < 4.78 is 0. The van der Waals surface area contributed by atoms with Crippen LogP contribution in [0, 0.1) is 5.41 Å². The molecule has 0 saturated carbocycles. The van der Waals surface area contributed by atoms with E-state index in [2.05, 4.69) is 117 Å². The summed E-state index contributed by atoms with van der Waals surface area (Å²) in [6.45, 7) is 25.3. The molecule has 33 heavy (non-hydrogen) atoms. The lowest BCUT2D eigenvalue weighted by Gasteiger charge is -2.44. The summed E-state index contributed by atoms with van der Waals surface area (Å²) in [6, 6.07) is 11.5. The largest absolute Gasteiger partial charge is 0.312 e. The van der Waals surface area contributed by atoms with Crippen molar-refractivity contribution < 1.29 is 0 Å². The molecule has 0 radical (unpaired) electrons. The highest BCUT2D eigenvalue weighted by molar-refractivity contribution is 5.78. The summed E-state index contributed by atoms with van der Waals surface area (Å²) in [5, 5.41) is 0. The molecule has 178 valence electrons. The zero-order valence-electron chi connectivity index (χ0n) is 22.9. The van der Waals surface area contributed by atoms with Crippen LogP contribution in [0.3, 0.4) is 0 Å². The van der Waals surface area contributed by atoms with Crippen LogP contribution in [0.15, 0.2) is 59.4 Å². The van der Waals surface area contributed by atoms with Crippen LogP contribution in [0.25, 0.3) is 0 Å². The van der Waals surface area contributed by atoms with E-state index in [0.29, 0.717) is 0 Å². The van der Waals surface area contributed by atoms with Gasteiger partial charge in [0.25, 0.3) is 0 Å². The Balaban J connectivity index is 2.37. The summed E-state index contributed by atoms with van der Waals surface area (Å²) in [6.07, 6.45) is 6.43. The summed E-state index contributed by atoms with van der Waals surface area (Å²) >= 11 is 0. The minimum atomic E-state index is -0.0955. The number of hydrogen-bond acceptors (Lipinski definition) is 2. The van der Waals surface area contributed by atoms with Gasteiger partial charge in [0.2, 0.25) is 0 Å². The molecule has 0 aliphatic carbocycles. The third-order valence-corrected chi connectivity index (χ3v) is 7.34. The SMILES string of the molecule is CCC1=C(/C=C(\C)C(C)(C)C)C(C)(C)c2cc(C(C)(C)C)ccc2N1c1ccc(CC)nc1. The number of pyridine rings is 1. The molecule has 2 heteroatoms. The van der Waals surface area contributed by atoms with Crippen LogP contribution < -0.4 is 4.90 Å². The minimum absolute atomic E-state index is 0.0955. The molecule has 1 aromatic heterocycles. The van der Waals surface area contributed by atoms with Crippen LogP contribution >= 0.6 is 0 Å². The van der Waals surface area contributed by atoms with Gasteiger partial charge < -0.3 is 4.90 Å². The molecule has 0 spiro atoms. The van der Waals surface area contributed by atoms with E-state index in [0.717, 1.165) is 24.2 Å². The monoisotopic (exact) mass is 444 g/mol. The molecule has 1 aliphatic heterocycles. The maximum Gasteiger partial charge on any atom is 0.0642 e. The molecule has 0 fully saturated rings. The summed E-state index contributed by atoms with van der Waals surface area (Å²) in [5.41, 5.74) is 10.6. The van der Waals surface area contributed by atoms with E-state index in [1.165, 1.54) is 33.7 Å². The van der Waals surface area contributed by atoms with Gasteiger partial charge in [-0.05, 0) is 65.5 Å². The Kier molecular flexibility index (Phi) is 6.72. The Hall–Kier alpha value is -2.35. The quantitative estimate of drug-likeness (QED) is 0.467. The predicted octanol–water partition coefficient (Wildman–Crippen LogP) is 9.03. The number of hydrogen-bond donors (Lipinski definition) is 0. The average molecular weight is 445 g/mol. The first-order valence-electron chi connectivity index (χ1n) is 12.5. The van der Waals surface area contributed by atoms with Crippen molar-refractivity contribution in [3.05, 3.63) is 76.3 Å². The summed E-state index contributed by atoms with van der Waals surface area (Å²) in [4.78, 5) is 7.21. The highest BCUT2D eigenvalue weighted by Crippen LogP contribution is 2.51. The van der Waals surface area contributed by atoms with Crippen molar-refractivity contribution in [3.63, 3.8) is 0 Å². The molecule has 1 aromatic carbocycles. The molecule has 1 aliphatic rings. The first kappa shape index (κ1) is 25.3. The van der Waals surface area contributed by atoms with Crippen LogP contribution in [0.1, 0.15) is 99.4 Å². The van der Waals surface area contributed by atoms with E-state index >= 15 is 0 Å². The summed E-state index contributed by atoms with van der Waals surface area (Å²) in [5.74, 6) is 0. The van der Waals surface area contributed by atoms with E-state index in [1.807, 2.05) is 6.20 Å². The smallest absolute Gasteiger partial charge is 0.0642 e. The van der Waals surface area contributed by atoms with E-state index in [1.54, 1.807) is 0 Å². The zero-order valence-corrected chi connectivity index (χ0v) is 22.9. The van der Waals surface area contributed by atoms with Crippen LogP contribution in [-0.2, 0) is 17.3 Å². The fraction of sp³-hybridized carbons (Fsp3) is 0.516. The van der Waals surface area contributed by atoms with Gasteiger partial charge in [-0.2, -0.15) is 0 Å². The molecule has 3 rings (SSSR count). The lowest BCUT2D eigenvalue weighted by molar-refractivity contribution is 0.500. The number of aromatic nitrogens is 1. The lowest BCUT2D eigenvalue weighted by atomic mass is 9.69. The standard InChI is InChI=1S/C31H44N2/c1-12-23-15-16-24(20-32-23)33-27(13-2)25(18-21(3)29(4,5)6)31(10,11)26-19-22(30(7,8)9)14-17-28(26)33/h14-20H,12-13H2,1-11H3/b21-18+. The van der Waals surface area contributed by atoms with Crippen molar-refractivity contribution in [1.82, 2.24) is 4.98 Å². The average Bonchev–Trinajstić information content (AvgIpc) is 2.74. The molecule has 0 N–H and O–H groups in total. The first-order chi connectivity index (χ1) is 15.2. The number of fused-ring (bicyclic) bond motifs is 1. The molecule has 0 amide bonds. The number of allylic oxidation sites excluding steroid dienone is 4. The van der Waals surface area contributed by atoms with Gasteiger partial charge in [0.05, 0.1) is 11.9 Å². The molecule has 2 aromatic rings. The number of nitrogens with zero attached hydrogens (tertiary/aromatic N) is 2. The zero-order chi connectivity index (χ0) is 24.8. The van der Waals surface area contributed by atoms with Gasteiger partial charge in [-0.15, -0.1) is 0 Å². The van der Waals surface area contributed by atoms with Gasteiger partial charge in [0.1, 0.15) is 0 Å². The molecule has 0 saturated heterocycles. The fourth-order valence-electron chi connectivity index (χ4n) is 4.57. The normalized spacial score (nSPS) is 16.8. The second-order valence-electron chi connectivity index (χ2n) is 12.1. The van der Waals surface area contributed by atoms with Gasteiger partial charge >= 0.3 is 0 Å². The third-order valence-electron chi connectivity index (χ3n) is 7.34.